The van der Waals surface area contributed by atoms with Crippen LogP contribution in [0.15, 0.2) is 36.5 Å². The van der Waals surface area contributed by atoms with Gasteiger partial charge in [-0.3, -0.25) is 0 Å². The Morgan fingerprint density at radius 3 is 2.61 bits per heavy atom. The van der Waals surface area contributed by atoms with Gasteiger partial charge in [0.25, 0.3) is 0 Å². The number of benzene rings is 1. The van der Waals surface area contributed by atoms with E-state index in [9.17, 15) is 0 Å². The van der Waals surface area contributed by atoms with Crippen LogP contribution in [-0.2, 0) is 6.54 Å². The number of aromatic nitrogens is 1. The molecule has 0 aliphatic rings. The topological polar surface area (TPSA) is 42.2 Å². The summed E-state index contributed by atoms with van der Waals surface area (Å²) in [4.78, 5) is 7.87. The monoisotopic (exact) mass is 261 g/mol. The summed E-state index contributed by atoms with van der Waals surface area (Å²) in [6.45, 7) is 5.98. The third-order valence-corrected chi connectivity index (χ3v) is 4.09. The fourth-order valence-corrected chi connectivity index (χ4v) is 2.68. The first-order valence-corrected chi connectivity index (χ1v) is 7.02. The highest BCUT2D eigenvalue weighted by molar-refractivity contribution is 7.15. The van der Waals surface area contributed by atoms with E-state index in [-0.39, 0.29) is 6.04 Å². The lowest BCUT2D eigenvalue weighted by atomic mass is 10.2. The highest BCUT2D eigenvalue weighted by Crippen LogP contribution is 2.26. The van der Waals surface area contributed by atoms with Crippen molar-refractivity contribution in [3.8, 4) is 0 Å². The maximum atomic E-state index is 5.87. The molecule has 0 radical (unpaired) electrons. The molecule has 0 saturated carbocycles. The lowest BCUT2D eigenvalue weighted by molar-refractivity contribution is 0.824. The van der Waals surface area contributed by atoms with Crippen LogP contribution in [0.2, 0.25) is 0 Å². The number of anilines is 1. The van der Waals surface area contributed by atoms with Gasteiger partial charge in [-0.1, -0.05) is 30.3 Å². The minimum atomic E-state index is 0.0617. The van der Waals surface area contributed by atoms with Crippen molar-refractivity contribution in [3.63, 3.8) is 0 Å². The van der Waals surface area contributed by atoms with E-state index in [4.69, 9.17) is 5.73 Å². The Morgan fingerprint density at radius 1 is 1.33 bits per heavy atom. The zero-order chi connectivity index (χ0) is 13.0. The first-order chi connectivity index (χ1) is 8.70. The molecule has 0 amide bonds. The molecule has 3 nitrogen and oxygen atoms in total. The Hall–Kier alpha value is -1.39. The van der Waals surface area contributed by atoms with Gasteiger partial charge in [-0.25, -0.2) is 4.98 Å². The summed E-state index contributed by atoms with van der Waals surface area (Å²) >= 11 is 1.68. The highest BCUT2D eigenvalue weighted by atomic mass is 32.1. The van der Waals surface area contributed by atoms with Crippen LogP contribution in [0.1, 0.15) is 30.3 Å². The standard InChI is InChI=1S/C14H19N3S/c1-3-17(10-12-7-5-4-6-8-12)14-16-9-13(18-14)11(2)15/h4-9,11H,3,10,15H2,1-2H3. The summed E-state index contributed by atoms with van der Waals surface area (Å²) in [6, 6.07) is 10.5. The van der Waals surface area contributed by atoms with E-state index in [2.05, 4.69) is 41.1 Å². The molecule has 0 aliphatic heterocycles. The van der Waals surface area contributed by atoms with Gasteiger partial charge in [0.1, 0.15) is 0 Å². The smallest absolute Gasteiger partial charge is 0.185 e. The van der Waals surface area contributed by atoms with Crippen molar-refractivity contribution in [1.29, 1.82) is 0 Å². The van der Waals surface area contributed by atoms with Crippen molar-refractivity contribution >= 4 is 16.5 Å². The minimum absolute atomic E-state index is 0.0617. The Bertz CT molecular complexity index is 479. The maximum Gasteiger partial charge on any atom is 0.185 e. The Balaban J connectivity index is 2.13. The SMILES string of the molecule is CCN(Cc1ccccc1)c1ncc(C(C)N)s1. The first kappa shape index (κ1) is 13.1. The van der Waals surface area contributed by atoms with Crippen LogP contribution in [0.25, 0.3) is 0 Å². The largest absolute Gasteiger partial charge is 0.344 e. The van der Waals surface area contributed by atoms with Gasteiger partial charge in [0.05, 0.1) is 0 Å². The van der Waals surface area contributed by atoms with Gasteiger partial charge in [-0.05, 0) is 19.4 Å². The zero-order valence-corrected chi connectivity index (χ0v) is 11.7. The van der Waals surface area contributed by atoms with Crippen molar-refractivity contribution in [2.75, 3.05) is 11.4 Å². The predicted octanol–water partition coefficient (Wildman–Crippen LogP) is 3.19. The van der Waals surface area contributed by atoms with Crippen LogP contribution < -0.4 is 10.6 Å². The molecular weight excluding hydrogens is 242 g/mol. The molecule has 0 bridgehead atoms. The molecule has 1 unspecified atom stereocenters. The molecule has 1 aromatic carbocycles. The van der Waals surface area contributed by atoms with Gasteiger partial charge in [-0.15, -0.1) is 11.3 Å². The molecule has 0 saturated heterocycles. The van der Waals surface area contributed by atoms with Crippen LogP contribution in [-0.4, -0.2) is 11.5 Å². The number of nitrogens with two attached hydrogens (primary N) is 1. The Labute approximate surface area is 112 Å². The second-order valence-corrected chi connectivity index (χ2v) is 5.37. The van der Waals surface area contributed by atoms with Crippen LogP contribution in [0, 0.1) is 0 Å². The van der Waals surface area contributed by atoms with Crippen molar-refractivity contribution in [3.05, 3.63) is 47.0 Å². The second kappa shape index (κ2) is 5.98. The van der Waals surface area contributed by atoms with E-state index in [1.165, 1.54) is 5.56 Å². The Kier molecular flexibility index (Phi) is 4.33. The number of rotatable bonds is 5. The molecule has 1 atom stereocenters. The number of hydrogen-bond acceptors (Lipinski definition) is 4. The van der Waals surface area contributed by atoms with E-state index in [1.807, 2.05) is 19.2 Å². The summed E-state index contributed by atoms with van der Waals surface area (Å²) < 4.78 is 0. The quantitative estimate of drug-likeness (QED) is 0.898. The van der Waals surface area contributed by atoms with E-state index in [0.29, 0.717) is 0 Å². The Morgan fingerprint density at radius 2 is 2.06 bits per heavy atom. The lowest BCUT2D eigenvalue weighted by Gasteiger charge is -2.19. The molecule has 1 heterocycles. The van der Waals surface area contributed by atoms with E-state index in [0.717, 1.165) is 23.1 Å². The highest BCUT2D eigenvalue weighted by Gasteiger charge is 2.11. The molecule has 2 aromatic rings. The molecule has 2 N–H and O–H groups in total. The van der Waals surface area contributed by atoms with Gasteiger partial charge in [0, 0.05) is 30.2 Å². The van der Waals surface area contributed by atoms with Gasteiger partial charge in [0.2, 0.25) is 0 Å². The fourth-order valence-electron chi connectivity index (χ4n) is 1.75. The third-order valence-electron chi connectivity index (χ3n) is 2.83. The van der Waals surface area contributed by atoms with Crippen molar-refractivity contribution in [2.24, 2.45) is 5.73 Å². The average Bonchev–Trinajstić information content (AvgIpc) is 2.87. The summed E-state index contributed by atoms with van der Waals surface area (Å²) in [6.07, 6.45) is 1.89. The lowest BCUT2D eigenvalue weighted by Crippen LogP contribution is -2.21. The van der Waals surface area contributed by atoms with Crippen LogP contribution in [0.3, 0.4) is 0 Å². The van der Waals surface area contributed by atoms with Gasteiger partial charge in [-0.2, -0.15) is 0 Å². The van der Waals surface area contributed by atoms with Crippen LogP contribution in [0.4, 0.5) is 5.13 Å². The van der Waals surface area contributed by atoms with Crippen LogP contribution in [0.5, 0.6) is 0 Å². The summed E-state index contributed by atoms with van der Waals surface area (Å²) in [5, 5.41) is 1.05. The molecule has 4 heteroatoms. The van der Waals surface area contributed by atoms with Crippen LogP contribution >= 0.6 is 11.3 Å². The number of hydrogen-bond donors (Lipinski definition) is 1. The normalized spacial score (nSPS) is 12.4. The molecule has 0 fully saturated rings. The van der Waals surface area contributed by atoms with Crippen molar-refractivity contribution in [1.82, 2.24) is 4.98 Å². The maximum absolute atomic E-state index is 5.87. The van der Waals surface area contributed by atoms with Crippen molar-refractivity contribution < 1.29 is 0 Å². The van der Waals surface area contributed by atoms with E-state index >= 15 is 0 Å². The van der Waals surface area contributed by atoms with Crippen molar-refractivity contribution in [2.45, 2.75) is 26.4 Å². The molecule has 96 valence electrons. The summed E-state index contributed by atoms with van der Waals surface area (Å²) in [5.74, 6) is 0. The van der Waals surface area contributed by atoms with Gasteiger partial charge in [0.15, 0.2) is 5.13 Å². The van der Waals surface area contributed by atoms with Gasteiger partial charge >= 0.3 is 0 Å². The summed E-state index contributed by atoms with van der Waals surface area (Å²) in [5.41, 5.74) is 7.18. The molecule has 2 rings (SSSR count). The predicted molar refractivity (Wildman–Crippen MR) is 77.9 cm³/mol. The number of thiazole rings is 1. The molecule has 1 aromatic heterocycles. The number of nitrogens with zero attached hydrogens (tertiary/aromatic N) is 2. The van der Waals surface area contributed by atoms with Gasteiger partial charge < -0.3 is 10.6 Å². The van der Waals surface area contributed by atoms with E-state index in [1.54, 1.807) is 11.3 Å². The molecule has 0 aliphatic carbocycles. The van der Waals surface area contributed by atoms with E-state index < -0.39 is 0 Å². The summed E-state index contributed by atoms with van der Waals surface area (Å²) in [7, 11) is 0. The minimum Gasteiger partial charge on any atom is -0.344 e. The molecule has 0 spiro atoms. The third kappa shape index (κ3) is 3.09. The fraction of sp³-hybridized carbons (Fsp3) is 0.357. The average molecular weight is 261 g/mol. The first-order valence-electron chi connectivity index (χ1n) is 6.21. The molecule has 18 heavy (non-hydrogen) atoms. The zero-order valence-electron chi connectivity index (χ0n) is 10.8. The second-order valence-electron chi connectivity index (χ2n) is 4.33. The molecular formula is C14H19N3S.